The van der Waals surface area contributed by atoms with Crippen molar-refractivity contribution in [2.75, 3.05) is 18.4 Å². The number of hydrogen-bond acceptors (Lipinski definition) is 13. The van der Waals surface area contributed by atoms with Crippen molar-refractivity contribution in [2.45, 2.75) is 176 Å². The van der Waals surface area contributed by atoms with Gasteiger partial charge in [-0.05, 0) is 99.9 Å². The number of nitrogens with one attached hydrogen (secondary N) is 4. The predicted octanol–water partition coefficient (Wildman–Crippen LogP) is 9.50. The Bertz CT molecular complexity index is 3150. The van der Waals surface area contributed by atoms with Gasteiger partial charge in [0.25, 0.3) is 5.91 Å². The van der Waals surface area contributed by atoms with Crippen molar-refractivity contribution >= 4 is 52.5 Å². The summed E-state index contributed by atoms with van der Waals surface area (Å²) >= 11 is 1.58. The van der Waals surface area contributed by atoms with Crippen molar-refractivity contribution in [1.82, 2.24) is 55.2 Å². The van der Waals surface area contributed by atoms with Gasteiger partial charge in [-0.25, -0.2) is 15.0 Å². The average molecular weight is 1120 g/mol. The van der Waals surface area contributed by atoms with Gasteiger partial charge >= 0.3 is 0 Å². The van der Waals surface area contributed by atoms with E-state index in [2.05, 4.69) is 48.1 Å². The van der Waals surface area contributed by atoms with E-state index in [1.54, 1.807) is 23.7 Å². The number of aromatic nitrogens is 6. The molecular weight excluding hydrogens is 1040 g/mol. The van der Waals surface area contributed by atoms with E-state index in [1.165, 1.54) is 4.90 Å². The van der Waals surface area contributed by atoms with Crippen LogP contribution in [0.1, 0.15) is 156 Å². The normalized spacial score (nSPS) is 16.9. The van der Waals surface area contributed by atoms with Gasteiger partial charge < -0.3 is 40.7 Å². The third-order valence-electron chi connectivity index (χ3n) is 15.3. The van der Waals surface area contributed by atoms with Crippen LogP contribution in [0.15, 0.2) is 84.8 Å². The standard InChI is InChI=1S/C62H80N12O6S/c1-39-33-65-61(71-55(39)46-30-52-59(79)73(41(3)34-72(52)35-46)36-49-19-17-18-40(2)67-49)69-48-27-28-63-47(31-48)26-29-64-53(76)20-15-13-11-9-10-12-14-16-21-54(77)70-57(62(6,7)8)60(80)74-37-50(75)32-51(74)58(78)68-42(4)44-22-24-45(25-23-44)56-43(5)66-38-81-56/h17-19,22-25,27-28,30-31,33,35,38,41-42,50-51,57,75H,9-16,20-21,26,29,32,34,36-37H2,1-8H3,(H,64,76)(H,68,78)(H,70,77)(H,63,65,69,71)/t41-,42+,50-,51+,57-/m1/s1. The summed E-state index contributed by atoms with van der Waals surface area (Å²) < 4.78 is 2.01. The Labute approximate surface area is 480 Å². The number of hydrogen-bond donors (Lipinski definition) is 5. The molecule has 1 aromatic carbocycles. The van der Waals surface area contributed by atoms with E-state index in [1.807, 2.05) is 130 Å². The molecule has 5 N–H and O–H groups in total. The van der Waals surface area contributed by atoms with Crippen LogP contribution in [0.5, 0.6) is 0 Å². The largest absolute Gasteiger partial charge is 0.391 e. The summed E-state index contributed by atoms with van der Waals surface area (Å²) in [6.45, 7) is 17.1. The quantitative estimate of drug-likeness (QED) is 0.0338. The molecule has 5 atom stereocenters. The lowest BCUT2D eigenvalue weighted by Gasteiger charge is -2.35. The third-order valence-corrected chi connectivity index (χ3v) is 16.3. The molecule has 8 rings (SSSR count). The highest BCUT2D eigenvalue weighted by Crippen LogP contribution is 2.32. The van der Waals surface area contributed by atoms with E-state index in [4.69, 9.17) is 4.98 Å². The molecule has 430 valence electrons. The number of rotatable bonds is 25. The summed E-state index contributed by atoms with van der Waals surface area (Å²) in [5.74, 6) is -0.514. The highest BCUT2D eigenvalue weighted by molar-refractivity contribution is 7.13. The first-order valence-corrected chi connectivity index (χ1v) is 29.5. The molecule has 2 aliphatic heterocycles. The molecule has 2 aliphatic rings. The van der Waals surface area contributed by atoms with E-state index in [-0.39, 0.29) is 54.6 Å². The van der Waals surface area contributed by atoms with E-state index < -0.39 is 23.6 Å². The maximum Gasteiger partial charge on any atom is 0.271 e. The number of thiazole rings is 1. The van der Waals surface area contributed by atoms with Crippen LogP contribution >= 0.6 is 11.3 Å². The van der Waals surface area contributed by atoms with E-state index in [9.17, 15) is 29.1 Å². The van der Waals surface area contributed by atoms with Gasteiger partial charge in [0, 0.05) is 92.6 Å². The molecule has 0 aliphatic carbocycles. The Kier molecular flexibility index (Phi) is 20.2. The monoisotopic (exact) mass is 1120 g/mol. The number of aliphatic hydroxyl groups is 1. The fourth-order valence-electron chi connectivity index (χ4n) is 10.7. The van der Waals surface area contributed by atoms with Crippen LogP contribution in [-0.2, 0) is 38.7 Å². The summed E-state index contributed by atoms with van der Waals surface area (Å²) in [5, 5.41) is 23.1. The summed E-state index contributed by atoms with van der Waals surface area (Å²) in [6, 6.07) is 17.5. The van der Waals surface area contributed by atoms with Crippen LogP contribution in [0.25, 0.3) is 21.7 Å². The Morgan fingerprint density at radius 2 is 1.53 bits per heavy atom. The first-order chi connectivity index (χ1) is 38.8. The van der Waals surface area contributed by atoms with Gasteiger partial charge in [0.15, 0.2) is 0 Å². The number of fused-ring (bicyclic) bond motifs is 1. The van der Waals surface area contributed by atoms with Crippen LogP contribution in [0.3, 0.4) is 0 Å². The number of aliphatic hydroxyl groups excluding tert-OH is 1. The van der Waals surface area contributed by atoms with Crippen molar-refractivity contribution in [3.8, 4) is 21.7 Å². The van der Waals surface area contributed by atoms with Crippen molar-refractivity contribution in [2.24, 2.45) is 5.41 Å². The Morgan fingerprint density at radius 1 is 0.815 bits per heavy atom. The minimum Gasteiger partial charge on any atom is -0.391 e. The fourth-order valence-corrected chi connectivity index (χ4v) is 11.5. The number of pyridine rings is 2. The molecular formula is C62H80N12O6S. The fraction of sp³-hybridized carbons (Fsp3) is 0.484. The molecule has 5 aromatic heterocycles. The SMILES string of the molecule is Cc1cccc(CN2C(=O)c3cc(-c4nc(Nc5ccnc(CCNC(=O)CCCCCCCCCCC(=O)N[C@H](C(=O)N6C[C@H](O)C[C@H]6C(=O)N[C@@H](C)c6ccc(-c7scnc7C)cc6)C(C)(C)C)c5)ncc4C)cn3C[C@H]2C)n1. The van der Waals surface area contributed by atoms with E-state index in [0.29, 0.717) is 57.0 Å². The zero-order valence-electron chi connectivity index (χ0n) is 48.3. The van der Waals surface area contributed by atoms with Gasteiger partial charge in [-0.3, -0.25) is 33.9 Å². The number of β-amino-alcohol motifs (C(OH)–C–C–N with tert-alkyl or cyclic N) is 1. The number of carbonyl (C=O) groups excluding carboxylic acids is 5. The summed E-state index contributed by atoms with van der Waals surface area (Å²) in [7, 11) is 0. The molecule has 0 radical (unpaired) electrons. The van der Waals surface area contributed by atoms with E-state index in [0.717, 1.165) is 106 Å². The topological polar surface area (TPSA) is 230 Å². The average Bonchev–Trinajstić information content (AvgIpc) is 4.18. The number of anilines is 2. The van der Waals surface area contributed by atoms with Crippen molar-refractivity contribution in [1.29, 1.82) is 0 Å². The van der Waals surface area contributed by atoms with Crippen LogP contribution < -0.4 is 21.3 Å². The second kappa shape index (κ2) is 27.4. The van der Waals surface area contributed by atoms with Crippen LogP contribution in [0.2, 0.25) is 0 Å². The molecule has 1 fully saturated rings. The molecule has 0 unspecified atom stereocenters. The smallest absolute Gasteiger partial charge is 0.271 e. The van der Waals surface area contributed by atoms with Gasteiger partial charge in [0.05, 0.1) is 46.2 Å². The number of benzene rings is 1. The number of aryl methyl sites for hydroxylation is 3. The Balaban J connectivity index is 0.690. The molecule has 0 saturated carbocycles. The zero-order chi connectivity index (χ0) is 57.8. The van der Waals surface area contributed by atoms with Gasteiger partial charge in [0.2, 0.25) is 29.6 Å². The number of unbranched alkanes of at least 4 members (excludes halogenated alkanes) is 7. The lowest BCUT2D eigenvalue weighted by Crippen LogP contribution is -2.57. The summed E-state index contributed by atoms with van der Waals surface area (Å²) in [6.07, 6.45) is 13.5. The first-order valence-electron chi connectivity index (χ1n) is 28.7. The maximum absolute atomic E-state index is 14.1. The number of nitrogens with zero attached hydrogens (tertiary/aromatic N) is 8. The number of amides is 5. The molecule has 7 heterocycles. The van der Waals surface area contributed by atoms with Gasteiger partial charge in [-0.2, -0.15) is 0 Å². The van der Waals surface area contributed by atoms with Crippen LogP contribution in [0.4, 0.5) is 11.6 Å². The van der Waals surface area contributed by atoms with Crippen LogP contribution in [-0.4, -0.2) is 111 Å². The molecule has 1 saturated heterocycles. The minimum atomic E-state index is -0.869. The van der Waals surface area contributed by atoms with Crippen molar-refractivity contribution < 1.29 is 29.1 Å². The highest BCUT2D eigenvalue weighted by atomic mass is 32.1. The molecule has 0 spiro atoms. The summed E-state index contributed by atoms with van der Waals surface area (Å²) in [5.41, 5.74) is 10.6. The molecule has 5 amide bonds. The predicted molar refractivity (Wildman–Crippen MR) is 315 cm³/mol. The second-order valence-corrected chi connectivity index (χ2v) is 23.9. The molecule has 6 aromatic rings. The van der Waals surface area contributed by atoms with Gasteiger partial charge in [-0.1, -0.05) is 89.6 Å². The van der Waals surface area contributed by atoms with Crippen molar-refractivity contribution in [3.05, 3.63) is 124 Å². The first kappa shape index (κ1) is 59.7. The number of likely N-dealkylation sites (tertiary alicyclic amines) is 1. The zero-order valence-corrected chi connectivity index (χ0v) is 49.1. The maximum atomic E-state index is 14.1. The number of carbonyl (C=O) groups is 5. The molecule has 18 nitrogen and oxygen atoms in total. The summed E-state index contributed by atoms with van der Waals surface area (Å²) in [4.78, 5) is 94.8. The van der Waals surface area contributed by atoms with Gasteiger partial charge in [0.1, 0.15) is 17.8 Å². The lowest BCUT2D eigenvalue weighted by atomic mass is 9.85. The minimum absolute atomic E-state index is 0.00510. The van der Waals surface area contributed by atoms with E-state index >= 15 is 0 Å². The molecule has 19 heteroatoms. The van der Waals surface area contributed by atoms with Gasteiger partial charge in [-0.15, -0.1) is 11.3 Å². The Hall–Kier alpha value is -7.38. The lowest BCUT2D eigenvalue weighted by molar-refractivity contribution is -0.144. The van der Waals surface area contributed by atoms with Crippen LogP contribution in [0, 0.1) is 26.2 Å². The molecule has 81 heavy (non-hydrogen) atoms. The van der Waals surface area contributed by atoms with Crippen molar-refractivity contribution in [3.63, 3.8) is 0 Å². The Morgan fingerprint density at radius 3 is 2.22 bits per heavy atom. The molecule has 0 bridgehead atoms. The highest BCUT2D eigenvalue weighted by Gasteiger charge is 2.45. The third kappa shape index (κ3) is 16.0. The second-order valence-electron chi connectivity index (χ2n) is 23.0.